The Morgan fingerprint density at radius 1 is 1.29 bits per heavy atom. The molecule has 0 aliphatic heterocycles. The van der Waals surface area contributed by atoms with E-state index in [2.05, 4.69) is 10.6 Å². The van der Waals surface area contributed by atoms with Gasteiger partial charge < -0.3 is 21.5 Å². The number of carbonyl (C=O) groups excluding carboxylic acids is 2. The first-order valence-corrected chi connectivity index (χ1v) is 7.14. The maximum atomic E-state index is 11.8. The van der Waals surface area contributed by atoms with Gasteiger partial charge in [0.05, 0.1) is 12.6 Å². The third-order valence-electron chi connectivity index (χ3n) is 3.02. The van der Waals surface area contributed by atoms with E-state index in [-0.39, 0.29) is 25.0 Å². The predicted octanol–water partition coefficient (Wildman–Crippen LogP) is 0.865. The molecule has 2 amide bonds. The molecule has 5 N–H and O–H groups in total. The number of amides is 2. The molecule has 0 heterocycles. The number of nitrogens with one attached hydrogen (secondary N) is 2. The standard InChI is InChI=1S/C15H23N3O3/c1-2-3-4-13(16)15(21)18-12-7-5-11(6-8-12)14(20)17-9-10-19/h5-8,13,19H,2-4,9-10,16H2,1H3,(H,17,20)(H,18,21). The van der Waals surface area contributed by atoms with E-state index in [1.54, 1.807) is 24.3 Å². The number of rotatable bonds is 8. The zero-order valence-electron chi connectivity index (χ0n) is 12.3. The van der Waals surface area contributed by atoms with Gasteiger partial charge in [-0.2, -0.15) is 0 Å². The molecule has 1 atom stereocenters. The van der Waals surface area contributed by atoms with Crippen molar-refractivity contribution in [2.75, 3.05) is 18.5 Å². The maximum Gasteiger partial charge on any atom is 0.251 e. The van der Waals surface area contributed by atoms with Crippen molar-refractivity contribution in [2.24, 2.45) is 5.73 Å². The fourth-order valence-electron chi connectivity index (χ4n) is 1.77. The summed E-state index contributed by atoms with van der Waals surface area (Å²) in [6.07, 6.45) is 2.57. The van der Waals surface area contributed by atoms with Gasteiger partial charge in [0.2, 0.25) is 5.91 Å². The van der Waals surface area contributed by atoms with Gasteiger partial charge >= 0.3 is 0 Å². The van der Waals surface area contributed by atoms with Crippen molar-refractivity contribution in [3.63, 3.8) is 0 Å². The number of unbranched alkanes of at least 4 members (excludes halogenated alkanes) is 1. The average Bonchev–Trinajstić information content (AvgIpc) is 2.50. The average molecular weight is 293 g/mol. The number of nitrogens with two attached hydrogens (primary N) is 1. The minimum absolute atomic E-state index is 0.102. The van der Waals surface area contributed by atoms with Crippen molar-refractivity contribution in [1.82, 2.24) is 5.32 Å². The van der Waals surface area contributed by atoms with Crippen LogP contribution in [0.3, 0.4) is 0 Å². The SMILES string of the molecule is CCCCC(N)C(=O)Nc1ccc(C(=O)NCCO)cc1. The molecule has 21 heavy (non-hydrogen) atoms. The highest BCUT2D eigenvalue weighted by atomic mass is 16.3. The van der Waals surface area contributed by atoms with Crippen LogP contribution in [0.25, 0.3) is 0 Å². The van der Waals surface area contributed by atoms with Crippen LogP contribution in [0.15, 0.2) is 24.3 Å². The normalized spacial score (nSPS) is 11.8. The zero-order chi connectivity index (χ0) is 15.7. The molecule has 1 aromatic rings. The molecule has 0 radical (unpaired) electrons. The lowest BCUT2D eigenvalue weighted by molar-refractivity contribution is -0.117. The first-order valence-electron chi connectivity index (χ1n) is 7.14. The Morgan fingerprint density at radius 2 is 1.95 bits per heavy atom. The van der Waals surface area contributed by atoms with Gasteiger partial charge in [-0.1, -0.05) is 19.8 Å². The van der Waals surface area contributed by atoms with E-state index in [1.807, 2.05) is 6.92 Å². The Labute approximate surface area is 124 Å². The summed E-state index contributed by atoms with van der Waals surface area (Å²) in [5.41, 5.74) is 6.86. The number of aliphatic hydroxyl groups is 1. The lowest BCUT2D eigenvalue weighted by Crippen LogP contribution is -2.35. The maximum absolute atomic E-state index is 11.8. The van der Waals surface area contributed by atoms with Crippen LogP contribution in [-0.4, -0.2) is 36.1 Å². The van der Waals surface area contributed by atoms with Crippen molar-refractivity contribution >= 4 is 17.5 Å². The Morgan fingerprint density at radius 3 is 2.52 bits per heavy atom. The number of hydrogen-bond acceptors (Lipinski definition) is 4. The Kier molecular flexibility index (Phi) is 7.42. The second-order valence-electron chi connectivity index (χ2n) is 4.79. The molecule has 6 nitrogen and oxygen atoms in total. The third-order valence-corrected chi connectivity index (χ3v) is 3.02. The van der Waals surface area contributed by atoms with E-state index < -0.39 is 6.04 Å². The molecule has 0 saturated carbocycles. The Balaban J connectivity index is 2.54. The van der Waals surface area contributed by atoms with Crippen LogP contribution in [0.4, 0.5) is 5.69 Å². The van der Waals surface area contributed by atoms with Crippen molar-refractivity contribution < 1.29 is 14.7 Å². The van der Waals surface area contributed by atoms with Gasteiger partial charge in [0.1, 0.15) is 0 Å². The summed E-state index contributed by atoms with van der Waals surface area (Å²) in [4.78, 5) is 23.5. The molecule has 0 saturated heterocycles. The van der Waals surface area contributed by atoms with Crippen LogP contribution in [-0.2, 0) is 4.79 Å². The van der Waals surface area contributed by atoms with Gasteiger partial charge in [0.25, 0.3) is 5.91 Å². The minimum Gasteiger partial charge on any atom is -0.395 e. The van der Waals surface area contributed by atoms with Gasteiger partial charge in [-0.25, -0.2) is 0 Å². The lowest BCUT2D eigenvalue weighted by atomic mass is 10.1. The first kappa shape index (κ1) is 17.1. The molecular weight excluding hydrogens is 270 g/mol. The topological polar surface area (TPSA) is 104 Å². The molecule has 0 fully saturated rings. The Hall–Kier alpha value is -1.92. The highest BCUT2D eigenvalue weighted by Gasteiger charge is 2.13. The number of hydrogen-bond donors (Lipinski definition) is 4. The van der Waals surface area contributed by atoms with E-state index in [0.717, 1.165) is 12.8 Å². The van der Waals surface area contributed by atoms with Crippen LogP contribution in [0.5, 0.6) is 0 Å². The van der Waals surface area contributed by atoms with Gasteiger partial charge in [0.15, 0.2) is 0 Å². The first-order chi connectivity index (χ1) is 10.1. The van der Waals surface area contributed by atoms with Crippen LogP contribution >= 0.6 is 0 Å². The van der Waals surface area contributed by atoms with Crippen molar-refractivity contribution in [3.05, 3.63) is 29.8 Å². The molecule has 1 aromatic carbocycles. The fourth-order valence-corrected chi connectivity index (χ4v) is 1.77. The second-order valence-corrected chi connectivity index (χ2v) is 4.79. The number of aliphatic hydroxyl groups excluding tert-OH is 1. The van der Waals surface area contributed by atoms with Crippen molar-refractivity contribution in [2.45, 2.75) is 32.2 Å². The molecule has 0 aromatic heterocycles. The van der Waals surface area contributed by atoms with Crippen LogP contribution in [0.2, 0.25) is 0 Å². The fraction of sp³-hybridized carbons (Fsp3) is 0.467. The molecule has 0 aliphatic carbocycles. The van der Waals surface area contributed by atoms with E-state index in [9.17, 15) is 9.59 Å². The largest absolute Gasteiger partial charge is 0.395 e. The summed E-state index contributed by atoms with van der Waals surface area (Å²) < 4.78 is 0. The summed E-state index contributed by atoms with van der Waals surface area (Å²) in [6, 6.07) is 6.01. The van der Waals surface area contributed by atoms with E-state index in [0.29, 0.717) is 17.7 Å². The summed E-state index contributed by atoms with van der Waals surface area (Å²) in [5.74, 6) is -0.484. The lowest BCUT2D eigenvalue weighted by Gasteiger charge is -2.12. The number of carbonyl (C=O) groups is 2. The van der Waals surface area contributed by atoms with Crippen LogP contribution in [0.1, 0.15) is 36.5 Å². The van der Waals surface area contributed by atoms with Gasteiger partial charge in [0, 0.05) is 17.8 Å². The van der Waals surface area contributed by atoms with Gasteiger partial charge in [-0.3, -0.25) is 9.59 Å². The van der Waals surface area contributed by atoms with Crippen molar-refractivity contribution in [1.29, 1.82) is 0 Å². The third kappa shape index (κ3) is 5.93. The van der Waals surface area contributed by atoms with Gasteiger partial charge in [-0.15, -0.1) is 0 Å². The second kappa shape index (κ2) is 9.10. The molecule has 0 aliphatic rings. The molecular formula is C15H23N3O3. The summed E-state index contributed by atoms with van der Waals surface area (Å²) in [5, 5.41) is 13.9. The van der Waals surface area contributed by atoms with Gasteiger partial charge in [-0.05, 0) is 30.7 Å². The molecule has 0 spiro atoms. The predicted molar refractivity (Wildman–Crippen MR) is 82.0 cm³/mol. The molecule has 0 bridgehead atoms. The Bertz CT molecular complexity index is 460. The number of benzene rings is 1. The minimum atomic E-state index is -0.516. The molecule has 116 valence electrons. The molecule has 6 heteroatoms. The smallest absolute Gasteiger partial charge is 0.251 e. The van der Waals surface area contributed by atoms with E-state index >= 15 is 0 Å². The summed E-state index contributed by atoms with van der Waals surface area (Å²) in [6.45, 7) is 2.16. The summed E-state index contributed by atoms with van der Waals surface area (Å²) >= 11 is 0. The molecule has 1 unspecified atom stereocenters. The highest BCUT2D eigenvalue weighted by Crippen LogP contribution is 2.10. The molecule has 1 rings (SSSR count). The summed E-state index contributed by atoms with van der Waals surface area (Å²) in [7, 11) is 0. The van der Waals surface area contributed by atoms with E-state index in [1.165, 1.54) is 0 Å². The van der Waals surface area contributed by atoms with Crippen LogP contribution < -0.4 is 16.4 Å². The highest BCUT2D eigenvalue weighted by molar-refractivity contribution is 5.97. The quantitative estimate of drug-likeness (QED) is 0.570. The van der Waals surface area contributed by atoms with E-state index in [4.69, 9.17) is 10.8 Å². The van der Waals surface area contributed by atoms with Crippen molar-refractivity contribution in [3.8, 4) is 0 Å². The van der Waals surface area contributed by atoms with Crippen LogP contribution in [0, 0.1) is 0 Å². The zero-order valence-corrected chi connectivity index (χ0v) is 12.3. The monoisotopic (exact) mass is 293 g/mol. The number of anilines is 1.